The molecule has 0 saturated carbocycles. The van der Waals surface area contributed by atoms with Crippen LogP contribution in [-0.2, 0) is 6.42 Å². The smallest absolute Gasteiger partial charge is 0.548 e. The van der Waals surface area contributed by atoms with Gasteiger partial charge in [0.2, 0.25) is 0 Å². The first-order valence-electron chi connectivity index (χ1n) is 5.97. The van der Waals surface area contributed by atoms with Crippen molar-refractivity contribution in [2.45, 2.75) is 26.7 Å². The van der Waals surface area contributed by atoms with E-state index in [0.717, 1.165) is 24.2 Å². The van der Waals surface area contributed by atoms with E-state index >= 15 is 0 Å². The van der Waals surface area contributed by atoms with E-state index in [1.165, 1.54) is 23.8 Å². The zero-order chi connectivity index (χ0) is 13.0. The molecule has 0 saturated heterocycles. The monoisotopic (exact) mass is 332 g/mol. The Kier molecular flexibility index (Phi) is 7.43. The van der Waals surface area contributed by atoms with Crippen LogP contribution in [0.3, 0.4) is 0 Å². The maximum Gasteiger partial charge on any atom is 1.00 e. The second-order valence-electron chi connectivity index (χ2n) is 4.22. The summed E-state index contributed by atoms with van der Waals surface area (Å²) in [7, 11) is 0. The molecule has 1 N–H and O–H groups in total. The van der Waals surface area contributed by atoms with Crippen LogP contribution in [0.25, 0.3) is 0 Å². The predicted octanol–water partition coefficient (Wildman–Crippen LogP) is -0.0186. The Balaban J connectivity index is 0.00000180. The number of rotatable bonds is 5. The van der Waals surface area contributed by atoms with Crippen molar-refractivity contribution in [3.8, 4) is 5.75 Å². The minimum atomic E-state index is -0.343. The number of aromatic amines is 1. The minimum Gasteiger partial charge on any atom is -0.548 e. The van der Waals surface area contributed by atoms with Crippen molar-refractivity contribution in [3.63, 3.8) is 0 Å². The van der Waals surface area contributed by atoms with Gasteiger partial charge in [0.25, 0.3) is 0 Å². The Bertz CT molecular complexity index is 508. The minimum absolute atomic E-state index is 0. The Morgan fingerprint density at radius 2 is 2.21 bits per heavy atom. The fourth-order valence-corrected chi connectivity index (χ4v) is 1.88. The van der Waals surface area contributed by atoms with Crippen molar-refractivity contribution in [2.24, 2.45) is 0 Å². The van der Waals surface area contributed by atoms with Crippen molar-refractivity contribution in [3.05, 3.63) is 47.0 Å². The number of nitrogens with zero attached hydrogens (tertiary/aromatic N) is 1. The third-order valence-electron chi connectivity index (χ3n) is 2.89. The first-order valence-corrected chi connectivity index (χ1v) is 5.97. The molecule has 0 fully saturated rings. The number of ether oxygens (including phenoxy) is 1. The summed E-state index contributed by atoms with van der Waals surface area (Å²) in [6, 6.07) is 7.19. The van der Waals surface area contributed by atoms with E-state index in [0.29, 0.717) is 6.61 Å². The molecule has 19 heavy (non-hydrogen) atoms. The molecule has 3 nitrogen and oxygen atoms in total. The molecule has 2 aromatic rings. The van der Waals surface area contributed by atoms with Gasteiger partial charge in [-0.2, -0.15) is 17.2 Å². The molecule has 1 aromatic carbocycles. The number of H-pyrrole nitrogens is 1. The van der Waals surface area contributed by atoms with E-state index in [2.05, 4.69) is 16.3 Å². The molecule has 0 unspecified atom stereocenters. The second kappa shape index (κ2) is 8.30. The number of halogens is 1. The summed E-state index contributed by atoms with van der Waals surface area (Å²) in [6.07, 6.45) is 1.71. The molecule has 1 heterocycles. The molecule has 96 valence electrons. The number of aromatic nitrogens is 2. The molecule has 0 atom stereocenters. The van der Waals surface area contributed by atoms with E-state index in [1.54, 1.807) is 0 Å². The molecule has 0 radical (unpaired) electrons. The third kappa shape index (κ3) is 4.78. The maximum atomic E-state index is 13.3. The van der Waals surface area contributed by atoms with Crippen LogP contribution in [0.5, 0.6) is 5.75 Å². The van der Waals surface area contributed by atoms with E-state index < -0.39 is 0 Å². The summed E-state index contributed by atoms with van der Waals surface area (Å²) in [5.41, 5.74) is 3.33. The van der Waals surface area contributed by atoms with Gasteiger partial charge in [0.05, 0.1) is 18.1 Å². The fraction of sp³-hybridized carbons (Fsp3) is 0.357. The zero-order valence-electron chi connectivity index (χ0n) is 11.6. The van der Waals surface area contributed by atoms with Gasteiger partial charge in [0.1, 0.15) is 0 Å². The van der Waals surface area contributed by atoms with E-state index in [1.807, 2.05) is 13.8 Å². The number of aryl methyl sites for hydroxylation is 2. The Hall–Kier alpha value is -0.0348. The van der Waals surface area contributed by atoms with Crippen LogP contribution in [-0.4, -0.2) is 16.8 Å². The second-order valence-corrected chi connectivity index (χ2v) is 4.22. The van der Waals surface area contributed by atoms with Crippen LogP contribution >= 0.6 is 0 Å². The molecule has 0 aliphatic heterocycles. The summed E-state index contributed by atoms with van der Waals surface area (Å²) in [5.74, 6) is -0.0810. The molecular formula is C14H16FN2ORb. The van der Waals surface area contributed by atoms with Crippen molar-refractivity contribution in [2.75, 3.05) is 6.61 Å². The van der Waals surface area contributed by atoms with Crippen LogP contribution in [0.1, 0.15) is 23.4 Å². The molecule has 0 amide bonds. The van der Waals surface area contributed by atoms with E-state index in [9.17, 15) is 4.39 Å². The predicted molar refractivity (Wildman–Crippen MR) is 67.1 cm³/mol. The summed E-state index contributed by atoms with van der Waals surface area (Å²) in [4.78, 5) is 0. The Morgan fingerprint density at radius 1 is 1.42 bits per heavy atom. The Morgan fingerprint density at radius 3 is 2.84 bits per heavy atom. The van der Waals surface area contributed by atoms with Gasteiger partial charge < -0.3 is 4.74 Å². The molecule has 0 spiro atoms. The molecule has 0 aliphatic carbocycles. The van der Waals surface area contributed by atoms with Crippen LogP contribution in [0, 0.1) is 25.7 Å². The topological polar surface area (TPSA) is 37.9 Å². The fourth-order valence-electron chi connectivity index (χ4n) is 1.88. The van der Waals surface area contributed by atoms with E-state index in [-0.39, 0.29) is 69.8 Å². The molecule has 5 heteroatoms. The standard InChI is InChI=1S/C14H16FN2O.Rb/c1-10-12(11(2)17-16-10)6-5-9-18-14-8-4-3-7-13(14)15;/h3,7-8H,5-6,9H2,1-2H3,(H,16,17);/q-1;+1. The average molecular weight is 333 g/mol. The van der Waals surface area contributed by atoms with Crippen LogP contribution in [0.2, 0.25) is 0 Å². The van der Waals surface area contributed by atoms with Gasteiger partial charge in [-0.25, -0.2) is 4.39 Å². The van der Waals surface area contributed by atoms with Crippen molar-refractivity contribution < 1.29 is 67.3 Å². The van der Waals surface area contributed by atoms with Gasteiger partial charge in [-0.15, -0.1) is 12.1 Å². The van der Waals surface area contributed by atoms with Crippen LogP contribution < -0.4 is 62.9 Å². The van der Waals surface area contributed by atoms with Crippen LogP contribution in [0.15, 0.2) is 18.2 Å². The van der Waals surface area contributed by atoms with Gasteiger partial charge in [-0.3, -0.25) is 5.10 Å². The third-order valence-corrected chi connectivity index (χ3v) is 2.89. The van der Waals surface area contributed by atoms with Gasteiger partial charge >= 0.3 is 58.2 Å². The van der Waals surface area contributed by atoms with Crippen molar-refractivity contribution in [1.29, 1.82) is 0 Å². The largest absolute Gasteiger partial charge is 1.00 e. The first-order chi connectivity index (χ1) is 8.68. The SMILES string of the molecule is Cc1n[nH]c(C)c1CCCOc1c[c-]ccc1F.[Rb+]. The molecule has 0 aliphatic rings. The van der Waals surface area contributed by atoms with Crippen molar-refractivity contribution >= 4 is 0 Å². The number of benzene rings is 1. The number of nitrogens with one attached hydrogen (secondary N) is 1. The van der Waals surface area contributed by atoms with Gasteiger partial charge in [0, 0.05) is 11.4 Å². The van der Waals surface area contributed by atoms with Gasteiger partial charge in [0.15, 0.2) is 0 Å². The molecular weight excluding hydrogens is 317 g/mol. The van der Waals surface area contributed by atoms with Crippen molar-refractivity contribution in [1.82, 2.24) is 10.2 Å². The molecule has 2 rings (SSSR count). The normalized spacial score (nSPS) is 10.1. The van der Waals surface area contributed by atoms with E-state index in [4.69, 9.17) is 4.74 Å². The molecule has 1 aromatic heterocycles. The zero-order valence-corrected chi connectivity index (χ0v) is 16.5. The summed E-state index contributed by atoms with van der Waals surface area (Å²) < 4.78 is 18.6. The van der Waals surface area contributed by atoms with Crippen LogP contribution in [0.4, 0.5) is 4.39 Å². The quantitative estimate of drug-likeness (QED) is 0.617. The molecule has 0 bridgehead atoms. The summed E-state index contributed by atoms with van der Waals surface area (Å²) >= 11 is 0. The number of hydrogen-bond acceptors (Lipinski definition) is 2. The average Bonchev–Trinajstić information content (AvgIpc) is 2.67. The summed E-state index contributed by atoms with van der Waals surface area (Å²) in [5, 5.41) is 7.09. The number of hydrogen-bond donors (Lipinski definition) is 1. The van der Waals surface area contributed by atoms with Gasteiger partial charge in [-0.05, 0) is 32.3 Å². The maximum absolute atomic E-state index is 13.3. The van der Waals surface area contributed by atoms with Gasteiger partial charge in [-0.1, -0.05) is 0 Å². The first kappa shape index (κ1) is 17.0. The summed E-state index contributed by atoms with van der Waals surface area (Å²) in [6.45, 7) is 4.46. The Labute approximate surface area is 161 Å².